The molecule has 3 aromatic carbocycles. The van der Waals surface area contributed by atoms with Gasteiger partial charge in [-0.05, 0) is 78.6 Å². The Morgan fingerprint density at radius 1 is 0.854 bits per heavy atom. The van der Waals surface area contributed by atoms with Crippen molar-refractivity contribution in [3.63, 3.8) is 0 Å². The third-order valence-electron chi connectivity index (χ3n) is 8.17. The molecule has 1 aliphatic heterocycles. The van der Waals surface area contributed by atoms with Crippen LogP contribution in [0.3, 0.4) is 0 Å². The van der Waals surface area contributed by atoms with Crippen LogP contribution in [-0.4, -0.2) is 51.8 Å². The molecular weight excluding hydrogens is 516 g/mol. The summed E-state index contributed by atoms with van der Waals surface area (Å²) in [5.41, 5.74) is 4.43. The van der Waals surface area contributed by atoms with E-state index in [2.05, 4.69) is 54.4 Å². The standard InChI is InChI=1S/C34H44N2O5/c1-7-26(8-2)35-34(37)33(24-13-10-9-11-14-24)36-18-12-15-25-21-31(40-5)32(41-6)22-27(25)28(36)19-23-16-17-29(38-3)30(20-23)39-4/h9-11,13-14,16-17,20-22,26,28,33H,7-8,12,15,18-19H2,1-6H3,(H,35,37). The lowest BCUT2D eigenvalue weighted by Gasteiger charge is -2.38. The number of ether oxygens (including phenoxy) is 4. The molecule has 7 heteroatoms. The summed E-state index contributed by atoms with van der Waals surface area (Å²) >= 11 is 0. The molecule has 1 heterocycles. The van der Waals surface area contributed by atoms with Crippen molar-refractivity contribution in [2.24, 2.45) is 0 Å². The van der Waals surface area contributed by atoms with Gasteiger partial charge >= 0.3 is 0 Å². The molecule has 0 aliphatic carbocycles. The van der Waals surface area contributed by atoms with Gasteiger partial charge in [-0.2, -0.15) is 0 Å². The van der Waals surface area contributed by atoms with Crippen molar-refractivity contribution in [1.29, 1.82) is 0 Å². The zero-order valence-corrected chi connectivity index (χ0v) is 25.2. The molecule has 1 amide bonds. The normalized spacial score (nSPS) is 15.9. The predicted molar refractivity (Wildman–Crippen MR) is 162 cm³/mol. The number of rotatable bonds is 12. The number of fused-ring (bicyclic) bond motifs is 1. The van der Waals surface area contributed by atoms with Gasteiger partial charge < -0.3 is 24.3 Å². The quantitative estimate of drug-likeness (QED) is 0.280. The van der Waals surface area contributed by atoms with Crippen molar-refractivity contribution in [3.05, 3.63) is 82.9 Å². The number of methoxy groups -OCH3 is 4. The van der Waals surface area contributed by atoms with E-state index in [1.807, 2.05) is 30.3 Å². The number of benzene rings is 3. The van der Waals surface area contributed by atoms with Gasteiger partial charge in [0.05, 0.1) is 28.4 Å². The third-order valence-corrected chi connectivity index (χ3v) is 8.17. The first-order chi connectivity index (χ1) is 20.0. The van der Waals surface area contributed by atoms with Crippen LogP contribution in [0.5, 0.6) is 23.0 Å². The fourth-order valence-corrected chi connectivity index (χ4v) is 5.92. The van der Waals surface area contributed by atoms with Crippen molar-refractivity contribution in [1.82, 2.24) is 10.2 Å². The second kappa shape index (κ2) is 14.3. The Kier molecular flexibility index (Phi) is 10.5. The average molecular weight is 561 g/mol. The van der Waals surface area contributed by atoms with E-state index in [1.165, 1.54) is 5.56 Å². The first kappa shape index (κ1) is 30.3. The van der Waals surface area contributed by atoms with E-state index in [0.717, 1.165) is 54.7 Å². The van der Waals surface area contributed by atoms with E-state index >= 15 is 0 Å². The van der Waals surface area contributed by atoms with Gasteiger partial charge in [0.25, 0.3) is 0 Å². The molecule has 0 bridgehead atoms. The van der Waals surface area contributed by atoms with Crippen LogP contribution in [0.4, 0.5) is 0 Å². The molecule has 7 nitrogen and oxygen atoms in total. The Balaban J connectivity index is 1.87. The fourth-order valence-electron chi connectivity index (χ4n) is 5.92. The summed E-state index contributed by atoms with van der Waals surface area (Å²) in [6.45, 7) is 4.99. The van der Waals surface area contributed by atoms with Crippen LogP contribution < -0.4 is 24.3 Å². The summed E-state index contributed by atoms with van der Waals surface area (Å²) in [6.07, 6.45) is 4.23. The molecule has 1 aliphatic rings. The van der Waals surface area contributed by atoms with Gasteiger partial charge in [-0.1, -0.05) is 50.2 Å². The molecule has 1 N–H and O–H groups in total. The van der Waals surface area contributed by atoms with E-state index in [1.54, 1.807) is 28.4 Å². The summed E-state index contributed by atoms with van der Waals surface area (Å²) in [5, 5.41) is 3.35. The summed E-state index contributed by atoms with van der Waals surface area (Å²) in [6, 6.07) is 19.9. The molecule has 4 rings (SSSR count). The highest BCUT2D eigenvalue weighted by Gasteiger charge is 2.37. The number of nitrogens with one attached hydrogen (secondary N) is 1. The highest BCUT2D eigenvalue weighted by atomic mass is 16.5. The number of carbonyl (C=O) groups excluding carboxylic acids is 1. The van der Waals surface area contributed by atoms with Gasteiger partial charge in [0, 0.05) is 18.6 Å². The third kappa shape index (κ3) is 6.79. The number of hydrogen-bond donors (Lipinski definition) is 1. The molecule has 3 aromatic rings. The number of aryl methyl sites for hydroxylation is 1. The summed E-state index contributed by atoms with van der Waals surface area (Å²) in [5.74, 6) is 2.81. The molecule has 2 unspecified atom stereocenters. The van der Waals surface area contributed by atoms with Crippen LogP contribution >= 0.6 is 0 Å². The van der Waals surface area contributed by atoms with Crippen molar-refractivity contribution < 1.29 is 23.7 Å². The van der Waals surface area contributed by atoms with E-state index in [9.17, 15) is 4.79 Å². The topological polar surface area (TPSA) is 69.3 Å². The molecule has 0 aromatic heterocycles. The maximum absolute atomic E-state index is 14.2. The van der Waals surface area contributed by atoms with Crippen LogP contribution in [0.1, 0.15) is 67.4 Å². The molecule has 0 saturated heterocycles. The van der Waals surface area contributed by atoms with E-state index in [4.69, 9.17) is 18.9 Å². The summed E-state index contributed by atoms with van der Waals surface area (Å²) in [4.78, 5) is 16.5. The lowest BCUT2D eigenvalue weighted by molar-refractivity contribution is -0.128. The highest BCUT2D eigenvalue weighted by Crippen LogP contribution is 2.43. The van der Waals surface area contributed by atoms with Crippen LogP contribution in [0.15, 0.2) is 60.7 Å². The second-order valence-corrected chi connectivity index (χ2v) is 10.5. The van der Waals surface area contributed by atoms with Gasteiger partial charge in [0.2, 0.25) is 5.91 Å². The Bertz CT molecular complexity index is 1290. The first-order valence-corrected chi connectivity index (χ1v) is 14.5. The minimum absolute atomic E-state index is 0.0335. The number of hydrogen-bond acceptors (Lipinski definition) is 6. The van der Waals surface area contributed by atoms with E-state index < -0.39 is 6.04 Å². The Hall–Kier alpha value is -3.71. The van der Waals surface area contributed by atoms with E-state index in [-0.39, 0.29) is 18.0 Å². The molecular formula is C34H44N2O5. The zero-order valence-electron chi connectivity index (χ0n) is 25.2. The predicted octanol–water partition coefficient (Wildman–Crippen LogP) is 6.30. The molecule has 0 spiro atoms. The fraction of sp³-hybridized carbons (Fsp3) is 0.441. The number of carbonyl (C=O) groups is 1. The minimum Gasteiger partial charge on any atom is -0.493 e. The highest BCUT2D eigenvalue weighted by molar-refractivity contribution is 5.83. The second-order valence-electron chi connectivity index (χ2n) is 10.5. The number of nitrogens with zero attached hydrogens (tertiary/aromatic N) is 1. The maximum Gasteiger partial charge on any atom is 0.242 e. The molecule has 2 atom stereocenters. The average Bonchev–Trinajstić information content (AvgIpc) is 3.18. The van der Waals surface area contributed by atoms with Gasteiger partial charge in [0.1, 0.15) is 6.04 Å². The zero-order chi connectivity index (χ0) is 29.4. The number of amides is 1. The SMILES string of the molecule is CCC(CC)NC(=O)C(c1ccccc1)N1CCCc2cc(OC)c(OC)cc2C1Cc1ccc(OC)c(OC)c1. The van der Waals surface area contributed by atoms with Gasteiger partial charge in [-0.25, -0.2) is 0 Å². The smallest absolute Gasteiger partial charge is 0.242 e. The van der Waals surface area contributed by atoms with Crippen molar-refractivity contribution in [3.8, 4) is 23.0 Å². The Morgan fingerprint density at radius 2 is 1.49 bits per heavy atom. The largest absolute Gasteiger partial charge is 0.493 e. The molecule has 0 saturated carbocycles. The van der Waals surface area contributed by atoms with Gasteiger partial charge in [-0.3, -0.25) is 9.69 Å². The summed E-state index contributed by atoms with van der Waals surface area (Å²) in [7, 11) is 6.63. The van der Waals surface area contributed by atoms with Crippen LogP contribution in [0.25, 0.3) is 0 Å². The van der Waals surface area contributed by atoms with Gasteiger partial charge in [-0.15, -0.1) is 0 Å². The van der Waals surface area contributed by atoms with Crippen LogP contribution in [0, 0.1) is 0 Å². The Morgan fingerprint density at radius 3 is 2.12 bits per heavy atom. The molecule has 0 fully saturated rings. The summed E-state index contributed by atoms with van der Waals surface area (Å²) < 4.78 is 22.6. The first-order valence-electron chi connectivity index (χ1n) is 14.5. The minimum atomic E-state index is -0.457. The molecule has 41 heavy (non-hydrogen) atoms. The monoisotopic (exact) mass is 560 g/mol. The van der Waals surface area contributed by atoms with Crippen molar-refractivity contribution >= 4 is 5.91 Å². The van der Waals surface area contributed by atoms with E-state index in [0.29, 0.717) is 23.7 Å². The maximum atomic E-state index is 14.2. The molecule has 220 valence electrons. The lowest BCUT2D eigenvalue weighted by Crippen LogP contribution is -2.46. The van der Waals surface area contributed by atoms with Crippen LogP contribution in [0.2, 0.25) is 0 Å². The lowest BCUT2D eigenvalue weighted by atomic mass is 9.91. The van der Waals surface area contributed by atoms with Crippen molar-refractivity contribution in [2.75, 3.05) is 35.0 Å². The van der Waals surface area contributed by atoms with Gasteiger partial charge in [0.15, 0.2) is 23.0 Å². The van der Waals surface area contributed by atoms with Crippen LogP contribution in [-0.2, 0) is 17.6 Å². The Labute approximate surface area is 244 Å². The van der Waals surface area contributed by atoms with Crippen molar-refractivity contribution in [2.45, 2.75) is 64.1 Å². The molecule has 0 radical (unpaired) electrons.